The number of fused-ring (bicyclic) bond motifs is 1. The number of carboxylic acids is 1. The van der Waals surface area contributed by atoms with Gasteiger partial charge in [0, 0.05) is 11.1 Å². The van der Waals surface area contributed by atoms with E-state index in [0.29, 0.717) is 12.2 Å². The highest BCUT2D eigenvalue weighted by Crippen LogP contribution is 2.37. The van der Waals surface area contributed by atoms with Crippen molar-refractivity contribution in [2.24, 2.45) is 5.16 Å². The molecule has 3 N–H and O–H groups in total. The zero-order chi connectivity index (χ0) is 22.0. The molecule has 2 atom stereocenters. The third-order valence-corrected chi connectivity index (χ3v) is 7.05. The highest BCUT2D eigenvalue weighted by Gasteiger charge is 2.53. The second-order valence-electron chi connectivity index (χ2n) is 7.03. The fourth-order valence-corrected chi connectivity index (χ4v) is 5.42. The van der Waals surface area contributed by atoms with Gasteiger partial charge in [0.2, 0.25) is 6.41 Å². The monoisotopic (exact) mass is 465 g/mol. The normalized spacial score (nSPS) is 23.5. The van der Waals surface area contributed by atoms with Crippen LogP contribution in [0.2, 0.25) is 0 Å². The summed E-state index contributed by atoms with van der Waals surface area (Å²) >= 11 is 2.47. The molecule has 31 heavy (non-hydrogen) atoms. The molecular formula is C18H19N5O6S2. The molecule has 1 aliphatic carbocycles. The summed E-state index contributed by atoms with van der Waals surface area (Å²) < 4.78 is 0. The van der Waals surface area contributed by atoms with Crippen molar-refractivity contribution < 1.29 is 29.1 Å². The molecule has 0 aromatic carbocycles. The lowest BCUT2D eigenvalue weighted by Gasteiger charge is -2.48. The molecule has 1 aromatic heterocycles. The minimum absolute atomic E-state index is 0.0817. The molecule has 1 saturated heterocycles. The van der Waals surface area contributed by atoms with E-state index >= 15 is 0 Å². The van der Waals surface area contributed by atoms with Gasteiger partial charge in [0.25, 0.3) is 11.8 Å². The molecule has 164 valence electrons. The predicted molar refractivity (Wildman–Crippen MR) is 112 cm³/mol. The van der Waals surface area contributed by atoms with E-state index in [1.54, 1.807) is 5.38 Å². The minimum atomic E-state index is -1.19. The number of hydrogen-bond donors (Lipinski definition) is 3. The maximum absolute atomic E-state index is 13.0. The molecule has 3 aliphatic rings. The number of aliphatic carboxylic acids is 1. The van der Waals surface area contributed by atoms with E-state index in [9.17, 15) is 24.3 Å². The van der Waals surface area contributed by atoms with Crippen LogP contribution in [-0.2, 0) is 24.0 Å². The van der Waals surface area contributed by atoms with Crippen LogP contribution >= 0.6 is 23.1 Å². The third kappa shape index (κ3) is 4.28. The summed E-state index contributed by atoms with van der Waals surface area (Å²) in [5.41, 5.74) is 0.0147. The first-order valence-electron chi connectivity index (χ1n) is 9.58. The number of hydrogen-bond acceptors (Lipinski definition) is 9. The third-order valence-electron chi connectivity index (χ3n) is 5.09. The van der Waals surface area contributed by atoms with Gasteiger partial charge in [0.1, 0.15) is 28.9 Å². The Hall–Kier alpha value is -2.93. The van der Waals surface area contributed by atoms with Gasteiger partial charge in [0.05, 0.1) is 0 Å². The number of anilines is 1. The molecule has 3 amide bonds. The zero-order valence-corrected chi connectivity index (χ0v) is 17.8. The summed E-state index contributed by atoms with van der Waals surface area (Å²) in [7, 11) is 0. The molecule has 11 nitrogen and oxygen atoms in total. The van der Waals surface area contributed by atoms with Gasteiger partial charge < -0.3 is 20.6 Å². The number of carboxylic acid groups (broad SMARTS) is 1. The van der Waals surface area contributed by atoms with Gasteiger partial charge in [-0.05, 0) is 31.8 Å². The van der Waals surface area contributed by atoms with E-state index in [4.69, 9.17) is 4.84 Å². The molecule has 3 heterocycles. The van der Waals surface area contributed by atoms with Crippen LogP contribution in [-0.4, -0.2) is 68.2 Å². The summed E-state index contributed by atoms with van der Waals surface area (Å²) in [6.45, 7) is 0. The van der Waals surface area contributed by atoms with Crippen LogP contribution in [0.15, 0.2) is 22.3 Å². The van der Waals surface area contributed by atoms with Crippen LogP contribution in [0, 0.1) is 0 Å². The van der Waals surface area contributed by atoms with Crippen LogP contribution < -0.4 is 10.6 Å². The summed E-state index contributed by atoms with van der Waals surface area (Å²) in [5.74, 6) is -1.93. The summed E-state index contributed by atoms with van der Waals surface area (Å²) in [6, 6.07) is -0.886. The van der Waals surface area contributed by atoms with Crippen LogP contribution in [0.5, 0.6) is 0 Å². The van der Waals surface area contributed by atoms with E-state index < -0.39 is 29.2 Å². The SMILES string of the molecule is O=CNc1nc(C(=NOC2CCCC2)C(=O)NC2C(=O)N3C(C(=O)O)=CCS[C@@H]23)cs1. The Kier molecular flexibility index (Phi) is 6.23. The number of thioether (sulfide) groups is 1. The maximum atomic E-state index is 13.0. The van der Waals surface area contributed by atoms with Crippen molar-refractivity contribution in [3.05, 3.63) is 22.8 Å². The molecule has 1 unspecified atom stereocenters. The Morgan fingerprint density at radius 3 is 2.84 bits per heavy atom. The second kappa shape index (κ2) is 9.06. The number of carbonyl (C=O) groups is 4. The number of rotatable bonds is 8. The van der Waals surface area contributed by atoms with Gasteiger partial charge in [-0.3, -0.25) is 19.3 Å². The van der Waals surface area contributed by atoms with Gasteiger partial charge in [-0.1, -0.05) is 5.16 Å². The van der Waals surface area contributed by atoms with Gasteiger partial charge >= 0.3 is 5.97 Å². The van der Waals surface area contributed by atoms with Gasteiger partial charge in [-0.25, -0.2) is 9.78 Å². The van der Waals surface area contributed by atoms with E-state index in [-0.39, 0.29) is 28.3 Å². The van der Waals surface area contributed by atoms with Gasteiger partial charge in [-0.15, -0.1) is 23.1 Å². The Morgan fingerprint density at radius 1 is 1.35 bits per heavy atom. The smallest absolute Gasteiger partial charge is 0.352 e. The average Bonchev–Trinajstić information content (AvgIpc) is 3.44. The number of aromatic nitrogens is 1. The number of carbonyl (C=O) groups excluding carboxylic acids is 3. The Bertz CT molecular complexity index is 970. The number of nitrogens with zero attached hydrogens (tertiary/aromatic N) is 3. The molecule has 2 aliphatic heterocycles. The highest BCUT2D eigenvalue weighted by atomic mass is 32.2. The van der Waals surface area contributed by atoms with Gasteiger partial charge in [-0.2, -0.15) is 0 Å². The van der Waals surface area contributed by atoms with Crippen molar-refractivity contribution in [2.75, 3.05) is 11.1 Å². The average molecular weight is 466 g/mol. The van der Waals surface area contributed by atoms with E-state index in [1.165, 1.54) is 22.7 Å². The highest BCUT2D eigenvalue weighted by molar-refractivity contribution is 8.00. The molecule has 2 fully saturated rings. The predicted octanol–water partition coefficient (Wildman–Crippen LogP) is 0.743. The minimum Gasteiger partial charge on any atom is -0.477 e. The Labute approximate surface area is 184 Å². The quantitative estimate of drug-likeness (QED) is 0.220. The van der Waals surface area contributed by atoms with Crippen molar-refractivity contribution in [3.8, 4) is 0 Å². The first kappa shape index (κ1) is 21.3. The van der Waals surface area contributed by atoms with Crippen LogP contribution in [0.3, 0.4) is 0 Å². The number of amides is 3. The standard InChI is InChI=1S/C18H19N5O6S2/c24-8-19-18-20-10(7-31-18)12(22-29-9-3-1-2-4-9)14(25)21-13-15(26)23-11(17(27)28)5-6-30-16(13)23/h5,7-9,13,16H,1-4,6H2,(H,21,25)(H,27,28)(H,19,20,24)/t13?,16-/m0/s1. The van der Waals surface area contributed by atoms with Crippen molar-refractivity contribution in [2.45, 2.75) is 43.2 Å². The molecule has 0 radical (unpaired) electrons. The Balaban J connectivity index is 1.51. The molecule has 1 aromatic rings. The number of nitrogens with one attached hydrogen (secondary N) is 2. The lowest BCUT2D eigenvalue weighted by atomic mass is 10.0. The molecule has 0 bridgehead atoms. The van der Waals surface area contributed by atoms with Crippen molar-refractivity contribution in [1.29, 1.82) is 0 Å². The summed E-state index contributed by atoms with van der Waals surface area (Å²) in [6.07, 6.45) is 5.58. The largest absolute Gasteiger partial charge is 0.477 e. The van der Waals surface area contributed by atoms with E-state index in [1.807, 2.05) is 0 Å². The lowest BCUT2D eigenvalue weighted by molar-refractivity contribution is -0.150. The fraction of sp³-hybridized carbons (Fsp3) is 0.444. The van der Waals surface area contributed by atoms with E-state index in [2.05, 4.69) is 20.8 Å². The molecule has 13 heteroatoms. The second-order valence-corrected chi connectivity index (χ2v) is 9.04. The van der Waals surface area contributed by atoms with Gasteiger partial charge in [0.15, 0.2) is 10.8 Å². The molecule has 4 rings (SSSR count). The maximum Gasteiger partial charge on any atom is 0.352 e. The van der Waals surface area contributed by atoms with Crippen LogP contribution in [0.1, 0.15) is 31.4 Å². The number of β-lactam (4-membered cyclic amide) rings is 1. The van der Waals surface area contributed by atoms with Crippen molar-refractivity contribution in [3.63, 3.8) is 0 Å². The van der Waals surface area contributed by atoms with Crippen LogP contribution in [0.25, 0.3) is 0 Å². The first-order chi connectivity index (χ1) is 15.0. The van der Waals surface area contributed by atoms with E-state index in [0.717, 1.165) is 37.0 Å². The Morgan fingerprint density at radius 2 is 2.13 bits per heavy atom. The topological polar surface area (TPSA) is 150 Å². The summed E-state index contributed by atoms with van der Waals surface area (Å²) in [5, 5.41) is 19.7. The lowest BCUT2D eigenvalue weighted by Crippen LogP contribution is -2.70. The van der Waals surface area contributed by atoms with Crippen LogP contribution in [0.4, 0.5) is 5.13 Å². The fourth-order valence-electron chi connectivity index (χ4n) is 3.57. The zero-order valence-electron chi connectivity index (χ0n) is 16.1. The number of oxime groups is 1. The molecular weight excluding hydrogens is 446 g/mol. The summed E-state index contributed by atoms with van der Waals surface area (Å²) in [4.78, 5) is 58.4. The first-order valence-corrected chi connectivity index (χ1v) is 11.5. The number of thiazole rings is 1. The molecule has 1 saturated carbocycles. The molecule has 0 spiro atoms. The van der Waals surface area contributed by atoms with Crippen molar-refractivity contribution in [1.82, 2.24) is 15.2 Å². The van der Waals surface area contributed by atoms with Crippen molar-refractivity contribution >= 4 is 58.1 Å².